The van der Waals surface area contributed by atoms with Gasteiger partial charge >= 0.3 is 0 Å². The van der Waals surface area contributed by atoms with E-state index in [0.29, 0.717) is 17.8 Å². The van der Waals surface area contributed by atoms with Gasteiger partial charge in [-0.1, -0.05) is 42.5 Å². The summed E-state index contributed by atoms with van der Waals surface area (Å²) < 4.78 is 15.8. The predicted molar refractivity (Wildman–Crippen MR) is 134 cm³/mol. The van der Waals surface area contributed by atoms with E-state index in [2.05, 4.69) is 10.6 Å². The van der Waals surface area contributed by atoms with Crippen molar-refractivity contribution in [1.82, 2.24) is 14.9 Å². The largest absolute Gasteiger partial charge is 0.342 e. The highest BCUT2D eigenvalue weighted by Crippen LogP contribution is 2.25. The molecule has 0 aliphatic rings. The molecule has 3 aromatic carbocycles. The van der Waals surface area contributed by atoms with E-state index in [-0.39, 0.29) is 24.0 Å². The van der Waals surface area contributed by atoms with Crippen LogP contribution in [0.25, 0.3) is 11.0 Å². The van der Waals surface area contributed by atoms with Gasteiger partial charge in [-0.05, 0) is 54.8 Å². The van der Waals surface area contributed by atoms with Gasteiger partial charge in [0.05, 0.1) is 22.8 Å². The second kappa shape index (κ2) is 11.0. The van der Waals surface area contributed by atoms with Crippen molar-refractivity contribution in [3.63, 3.8) is 0 Å². The average molecular weight is 477 g/mol. The number of halogens is 1. The minimum absolute atomic E-state index is 0.0683. The Labute approximate surface area is 201 Å². The Bertz CT molecular complexity index is 1290. The van der Waals surface area contributed by atoms with Crippen LogP contribution in [-0.4, -0.2) is 33.4 Å². The molecule has 4 aromatic rings. The van der Waals surface area contributed by atoms with E-state index in [9.17, 15) is 14.0 Å². The highest BCUT2D eigenvalue weighted by atomic mass is 32.2. The third-order valence-corrected chi connectivity index (χ3v) is 6.04. The molecule has 6 nitrogen and oxygen atoms in total. The highest BCUT2D eigenvalue weighted by molar-refractivity contribution is 7.98. The van der Waals surface area contributed by atoms with Crippen LogP contribution in [0.1, 0.15) is 28.6 Å². The van der Waals surface area contributed by atoms with Crippen LogP contribution in [-0.2, 0) is 11.3 Å². The van der Waals surface area contributed by atoms with Gasteiger partial charge in [-0.15, -0.1) is 0 Å². The summed E-state index contributed by atoms with van der Waals surface area (Å²) in [6.07, 6.45) is 2.64. The van der Waals surface area contributed by atoms with Crippen LogP contribution in [0.3, 0.4) is 0 Å². The van der Waals surface area contributed by atoms with Crippen LogP contribution in [0.5, 0.6) is 0 Å². The number of anilines is 1. The molecule has 0 aliphatic carbocycles. The number of benzene rings is 3. The molecule has 2 N–H and O–H groups in total. The van der Waals surface area contributed by atoms with Gasteiger partial charge in [-0.2, -0.15) is 11.8 Å². The van der Waals surface area contributed by atoms with Gasteiger partial charge in [0.15, 0.2) is 0 Å². The van der Waals surface area contributed by atoms with Crippen LogP contribution in [0.2, 0.25) is 0 Å². The quantitative estimate of drug-likeness (QED) is 0.355. The lowest BCUT2D eigenvalue weighted by atomic mass is 10.1. The third kappa shape index (κ3) is 5.46. The van der Waals surface area contributed by atoms with Gasteiger partial charge in [0.1, 0.15) is 18.2 Å². The SMILES string of the molecule is CSCC[C@H](NC(=O)c1ccccc1)c1nc2ccccc2n1CC(=O)Nc1ccccc1F. The lowest BCUT2D eigenvalue weighted by Crippen LogP contribution is -2.32. The smallest absolute Gasteiger partial charge is 0.251 e. The fourth-order valence-electron chi connectivity index (χ4n) is 3.75. The Morgan fingerprint density at radius 1 is 1.00 bits per heavy atom. The summed E-state index contributed by atoms with van der Waals surface area (Å²) in [6, 6.07) is 22.1. The fourth-order valence-corrected chi connectivity index (χ4v) is 4.23. The molecule has 34 heavy (non-hydrogen) atoms. The van der Waals surface area contributed by atoms with Crippen LogP contribution in [0, 0.1) is 5.82 Å². The van der Waals surface area contributed by atoms with Crippen molar-refractivity contribution in [2.45, 2.75) is 19.0 Å². The Hall–Kier alpha value is -3.65. The number of carbonyl (C=O) groups excluding carboxylic acids is 2. The van der Waals surface area contributed by atoms with Gasteiger partial charge in [-0.3, -0.25) is 9.59 Å². The minimum atomic E-state index is -0.500. The molecule has 0 saturated carbocycles. The van der Waals surface area contributed by atoms with Gasteiger partial charge in [0.25, 0.3) is 5.91 Å². The number of hydrogen-bond acceptors (Lipinski definition) is 4. The number of carbonyl (C=O) groups is 2. The third-order valence-electron chi connectivity index (χ3n) is 5.40. The Kier molecular flexibility index (Phi) is 7.59. The summed E-state index contributed by atoms with van der Waals surface area (Å²) in [4.78, 5) is 30.6. The van der Waals surface area contributed by atoms with E-state index < -0.39 is 11.9 Å². The fraction of sp³-hybridized carbons (Fsp3) is 0.192. The van der Waals surface area contributed by atoms with Crippen LogP contribution in [0.15, 0.2) is 78.9 Å². The standard InChI is InChI=1S/C26H25FN4O2S/c1-34-16-15-22(30-26(33)18-9-3-2-4-10-18)25-29-21-13-7-8-14-23(21)31(25)17-24(32)28-20-12-6-5-11-19(20)27/h2-14,22H,15-17H2,1H3,(H,28,32)(H,30,33)/t22-/m0/s1. The van der Waals surface area contributed by atoms with Gasteiger partial charge < -0.3 is 15.2 Å². The normalized spacial score (nSPS) is 11.8. The lowest BCUT2D eigenvalue weighted by molar-refractivity contribution is -0.116. The zero-order chi connectivity index (χ0) is 23.9. The second-order valence-electron chi connectivity index (χ2n) is 7.75. The van der Waals surface area contributed by atoms with E-state index >= 15 is 0 Å². The lowest BCUT2D eigenvalue weighted by Gasteiger charge is -2.20. The number of fused-ring (bicyclic) bond motifs is 1. The van der Waals surface area contributed by atoms with Crippen molar-refractivity contribution in [2.24, 2.45) is 0 Å². The summed E-state index contributed by atoms with van der Waals surface area (Å²) in [6.45, 7) is -0.0683. The van der Waals surface area contributed by atoms with Crippen molar-refractivity contribution in [2.75, 3.05) is 17.3 Å². The number of aromatic nitrogens is 2. The minimum Gasteiger partial charge on any atom is -0.342 e. The molecule has 0 radical (unpaired) electrons. The van der Waals surface area contributed by atoms with Crippen molar-refractivity contribution in [3.8, 4) is 0 Å². The number of hydrogen-bond donors (Lipinski definition) is 2. The molecule has 174 valence electrons. The first kappa shape index (κ1) is 23.5. The van der Waals surface area contributed by atoms with E-state index in [1.54, 1.807) is 40.6 Å². The summed E-state index contributed by atoms with van der Waals surface area (Å²) in [5, 5.41) is 5.73. The van der Waals surface area contributed by atoms with E-state index in [4.69, 9.17) is 4.98 Å². The number of nitrogens with zero attached hydrogens (tertiary/aromatic N) is 2. The van der Waals surface area contributed by atoms with Crippen LogP contribution >= 0.6 is 11.8 Å². The van der Waals surface area contributed by atoms with Gasteiger partial charge in [-0.25, -0.2) is 9.37 Å². The number of para-hydroxylation sites is 3. The van der Waals surface area contributed by atoms with Gasteiger partial charge in [0, 0.05) is 5.56 Å². The maximum atomic E-state index is 14.0. The average Bonchev–Trinajstić information content (AvgIpc) is 3.21. The van der Waals surface area contributed by atoms with Gasteiger partial charge in [0.2, 0.25) is 5.91 Å². The highest BCUT2D eigenvalue weighted by Gasteiger charge is 2.24. The number of imidazole rings is 1. The summed E-state index contributed by atoms with van der Waals surface area (Å²) >= 11 is 1.67. The first-order valence-corrected chi connectivity index (χ1v) is 12.3. The Morgan fingerprint density at radius 2 is 1.71 bits per heavy atom. The number of nitrogens with one attached hydrogen (secondary N) is 2. The van der Waals surface area contributed by atoms with Crippen molar-refractivity contribution in [3.05, 3.63) is 96.1 Å². The Balaban J connectivity index is 1.66. The molecule has 0 spiro atoms. The topological polar surface area (TPSA) is 76.0 Å². The maximum Gasteiger partial charge on any atom is 0.251 e. The summed E-state index contributed by atoms with van der Waals surface area (Å²) in [7, 11) is 0. The first-order chi connectivity index (χ1) is 16.6. The molecule has 0 bridgehead atoms. The molecule has 1 heterocycles. The number of rotatable bonds is 9. The molecule has 8 heteroatoms. The molecule has 1 atom stereocenters. The molecular weight excluding hydrogens is 451 g/mol. The van der Waals surface area contributed by atoms with Crippen molar-refractivity contribution in [1.29, 1.82) is 0 Å². The summed E-state index contributed by atoms with van der Waals surface area (Å²) in [5.41, 5.74) is 2.16. The molecule has 0 fully saturated rings. The zero-order valence-corrected chi connectivity index (χ0v) is 19.5. The molecule has 0 saturated heterocycles. The monoisotopic (exact) mass is 476 g/mol. The molecule has 1 aromatic heterocycles. The van der Waals surface area contributed by atoms with E-state index in [1.807, 2.05) is 48.7 Å². The zero-order valence-electron chi connectivity index (χ0n) is 18.7. The first-order valence-electron chi connectivity index (χ1n) is 10.9. The Morgan fingerprint density at radius 3 is 2.47 bits per heavy atom. The number of thioether (sulfide) groups is 1. The maximum absolute atomic E-state index is 14.0. The van der Waals surface area contributed by atoms with Crippen molar-refractivity contribution < 1.29 is 14.0 Å². The second-order valence-corrected chi connectivity index (χ2v) is 8.73. The van der Waals surface area contributed by atoms with Crippen LogP contribution in [0.4, 0.5) is 10.1 Å². The predicted octanol–water partition coefficient (Wildman–Crippen LogP) is 5.04. The molecule has 0 aliphatic heterocycles. The van der Waals surface area contributed by atoms with Crippen molar-refractivity contribution >= 4 is 40.3 Å². The molecule has 0 unspecified atom stereocenters. The molecule has 2 amide bonds. The van der Waals surface area contributed by atoms with E-state index in [1.165, 1.54) is 12.1 Å². The summed E-state index contributed by atoms with van der Waals surface area (Å²) in [5.74, 6) is 0.293. The molecule has 4 rings (SSSR count). The number of amides is 2. The van der Waals surface area contributed by atoms with E-state index in [0.717, 1.165) is 16.8 Å². The molecular formula is C26H25FN4O2S. The van der Waals surface area contributed by atoms with Crippen LogP contribution < -0.4 is 10.6 Å².